The fourth-order valence-corrected chi connectivity index (χ4v) is 5.87. The lowest BCUT2D eigenvalue weighted by Gasteiger charge is -2.22. The number of unbranched alkanes of at least 4 members (excludes halogenated alkanes) is 18. The van der Waals surface area contributed by atoms with E-state index in [0.717, 1.165) is 64.2 Å². The van der Waals surface area contributed by atoms with Gasteiger partial charge in [0.05, 0.1) is 17.9 Å². The largest absolute Gasteiger partial charge is 0.387 e. The molecule has 0 aliphatic carbocycles. The van der Waals surface area contributed by atoms with Crippen LogP contribution in [0.4, 0.5) is 0 Å². The summed E-state index contributed by atoms with van der Waals surface area (Å²) in [7, 11) is -4.44. The normalized spacial score (nSPS) is 14.6. The van der Waals surface area contributed by atoms with E-state index in [1.54, 1.807) is 6.08 Å². The Bertz CT molecular complexity index is 855. The summed E-state index contributed by atoms with van der Waals surface area (Å²) in [5.41, 5.74) is 0. The lowest BCUT2D eigenvalue weighted by Crippen LogP contribution is -2.50. The first-order valence-corrected chi connectivity index (χ1v) is 19.4. The predicted octanol–water partition coefficient (Wildman–Crippen LogP) is 8.76. The first kappa shape index (κ1) is 42.5. The van der Waals surface area contributed by atoms with Gasteiger partial charge >= 0.3 is 0 Å². The highest BCUT2D eigenvalue weighted by Crippen LogP contribution is 2.13. The second kappa shape index (κ2) is 30.2. The molecular weight excluding hydrogens is 574 g/mol. The highest BCUT2D eigenvalue weighted by molar-refractivity contribution is 7.85. The number of hydrogen-bond acceptors (Lipinski definition) is 5. The summed E-state index contributed by atoms with van der Waals surface area (Å²) in [4.78, 5) is 12.5. The van der Waals surface area contributed by atoms with Crippen LogP contribution in [0.15, 0.2) is 36.5 Å². The number of carbonyl (C=O) groups excluding carboxylic acids is 1. The zero-order chi connectivity index (χ0) is 32.7. The van der Waals surface area contributed by atoms with Gasteiger partial charge in [-0.3, -0.25) is 9.35 Å². The van der Waals surface area contributed by atoms with Gasteiger partial charge in [-0.15, -0.1) is 0 Å². The van der Waals surface area contributed by atoms with Crippen LogP contribution in [0.1, 0.15) is 162 Å². The summed E-state index contributed by atoms with van der Waals surface area (Å²) in [6.07, 6.45) is 34.8. The standard InChI is InChI=1S/C36H67NO6S/c1-3-5-7-9-11-13-15-16-17-18-19-21-23-25-27-29-31-35(39)36(40)37-33(32-44(41,42)43)34(38)30-28-26-24-22-20-14-12-10-8-6-4-2/h11,13,16-17,28,30,33-35,38-39H,3-10,12,14-15,18-27,29,31-32H2,1-2H3,(H,37,40)(H,41,42,43)/b13-11-,17-16-,30-28+. The van der Waals surface area contributed by atoms with E-state index in [1.165, 1.54) is 76.7 Å². The number of rotatable bonds is 31. The first-order valence-electron chi connectivity index (χ1n) is 17.8. The Hall–Kier alpha value is -1.48. The monoisotopic (exact) mass is 641 g/mol. The van der Waals surface area contributed by atoms with Crippen LogP contribution in [0, 0.1) is 0 Å². The fraction of sp³-hybridized carbons (Fsp3) is 0.806. The fourth-order valence-electron chi connectivity index (χ4n) is 5.13. The van der Waals surface area contributed by atoms with Crippen molar-refractivity contribution >= 4 is 16.0 Å². The van der Waals surface area contributed by atoms with Gasteiger partial charge in [-0.05, 0) is 51.4 Å². The van der Waals surface area contributed by atoms with E-state index >= 15 is 0 Å². The van der Waals surface area contributed by atoms with Crippen LogP contribution < -0.4 is 5.32 Å². The Morgan fingerprint density at radius 3 is 1.59 bits per heavy atom. The van der Waals surface area contributed by atoms with Gasteiger partial charge in [-0.2, -0.15) is 8.42 Å². The Morgan fingerprint density at radius 1 is 0.636 bits per heavy atom. The van der Waals surface area contributed by atoms with E-state index in [2.05, 4.69) is 43.5 Å². The molecule has 0 heterocycles. The molecule has 0 bridgehead atoms. The van der Waals surface area contributed by atoms with Gasteiger partial charge in [0.2, 0.25) is 5.91 Å². The van der Waals surface area contributed by atoms with E-state index in [-0.39, 0.29) is 6.42 Å². The number of nitrogens with one attached hydrogen (secondary N) is 1. The van der Waals surface area contributed by atoms with Crippen molar-refractivity contribution in [3.63, 3.8) is 0 Å². The highest BCUT2D eigenvalue weighted by atomic mass is 32.2. The molecule has 0 aromatic heterocycles. The van der Waals surface area contributed by atoms with Crippen LogP contribution in [0.3, 0.4) is 0 Å². The third-order valence-electron chi connectivity index (χ3n) is 7.92. The van der Waals surface area contributed by atoms with Crippen LogP contribution in [0.2, 0.25) is 0 Å². The van der Waals surface area contributed by atoms with E-state index in [4.69, 9.17) is 0 Å². The Balaban J connectivity index is 4.15. The first-order chi connectivity index (χ1) is 21.2. The molecule has 0 fully saturated rings. The molecule has 1 amide bonds. The smallest absolute Gasteiger partial charge is 0.267 e. The lowest BCUT2D eigenvalue weighted by atomic mass is 10.0. The maximum absolute atomic E-state index is 12.5. The maximum Gasteiger partial charge on any atom is 0.267 e. The summed E-state index contributed by atoms with van der Waals surface area (Å²) in [5, 5.41) is 23.2. The summed E-state index contributed by atoms with van der Waals surface area (Å²) < 4.78 is 32.3. The van der Waals surface area contributed by atoms with Crippen molar-refractivity contribution in [2.45, 2.75) is 180 Å². The summed E-state index contributed by atoms with van der Waals surface area (Å²) in [6, 6.07) is -1.23. The molecule has 0 aromatic rings. The van der Waals surface area contributed by atoms with Gasteiger partial charge in [0.1, 0.15) is 6.10 Å². The molecule has 0 aromatic carbocycles. The zero-order valence-electron chi connectivity index (χ0n) is 28.1. The molecule has 8 heteroatoms. The van der Waals surface area contributed by atoms with Crippen molar-refractivity contribution in [3.05, 3.63) is 36.5 Å². The zero-order valence-corrected chi connectivity index (χ0v) is 29.0. The molecule has 44 heavy (non-hydrogen) atoms. The number of aliphatic hydroxyl groups excluding tert-OH is 2. The Kier molecular flexibility index (Phi) is 29.2. The van der Waals surface area contributed by atoms with Gasteiger partial charge in [-0.25, -0.2) is 0 Å². The van der Waals surface area contributed by atoms with Crippen LogP contribution in [-0.4, -0.2) is 53.1 Å². The minimum absolute atomic E-state index is 0.268. The van der Waals surface area contributed by atoms with Crippen molar-refractivity contribution in [2.24, 2.45) is 0 Å². The second-order valence-electron chi connectivity index (χ2n) is 12.3. The molecule has 258 valence electrons. The minimum atomic E-state index is -4.44. The number of allylic oxidation sites excluding steroid dienone is 5. The summed E-state index contributed by atoms with van der Waals surface area (Å²) in [5.74, 6) is -1.55. The molecule has 0 rings (SSSR count). The van der Waals surface area contributed by atoms with E-state index in [1.807, 2.05) is 0 Å². The third-order valence-corrected chi connectivity index (χ3v) is 8.70. The maximum atomic E-state index is 12.5. The molecule has 0 saturated heterocycles. The van der Waals surface area contributed by atoms with Gasteiger partial charge in [0.25, 0.3) is 10.1 Å². The number of amides is 1. The van der Waals surface area contributed by atoms with Crippen LogP contribution in [0.25, 0.3) is 0 Å². The van der Waals surface area contributed by atoms with E-state index in [0.29, 0.717) is 6.42 Å². The molecule has 0 aliphatic heterocycles. The molecular formula is C36H67NO6S. The average Bonchev–Trinajstić information content (AvgIpc) is 2.98. The minimum Gasteiger partial charge on any atom is -0.387 e. The molecule has 0 saturated carbocycles. The van der Waals surface area contributed by atoms with Crippen LogP contribution in [-0.2, 0) is 14.9 Å². The van der Waals surface area contributed by atoms with Crippen LogP contribution >= 0.6 is 0 Å². The SMILES string of the molecule is CCCCC/C=C\C/C=C\CCCCCCCCC(O)C(=O)NC(CS(=O)(=O)O)C(O)/C=C/CCCCCCCCCCC. The van der Waals surface area contributed by atoms with Crippen molar-refractivity contribution in [2.75, 3.05) is 5.75 Å². The molecule has 3 unspecified atom stereocenters. The van der Waals surface area contributed by atoms with E-state index in [9.17, 15) is 28.0 Å². The average molecular weight is 642 g/mol. The lowest BCUT2D eigenvalue weighted by molar-refractivity contribution is -0.130. The van der Waals surface area contributed by atoms with Crippen molar-refractivity contribution in [1.82, 2.24) is 5.32 Å². The van der Waals surface area contributed by atoms with Gasteiger partial charge < -0.3 is 15.5 Å². The summed E-state index contributed by atoms with van der Waals surface area (Å²) >= 11 is 0. The molecule has 7 nitrogen and oxygen atoms in total. The van der Waals surface area contributed by atoms with Crippen LogP contribution in [0.5, 0.6) is 0 Å². The second-order valence-corrected chi connectivity index (χ2v) is 13.8. The quantitative estimate of drug-likeness (QED) is 0.0341. The summed E-state index contributed by atoms with van der Waals surface area (Å²) in [6.45, 7) is 4.44. The molecule has 0 spiro atoms. The molecule has 4 N–H and O–H groups in total. The number of aliphatic hydroxyl groups is 2. The van der Waals surface area contributed by atoms with Gasteiger partial charge in [-0.1, -0.05) is 147 Å². The van der Waals surface area contributed by atoms with Gasteiger partial charge in [0.15, 0.2) is 0 Å². The van der Waals surface area contributed by atoms with Crippen molar-refractivity contribution in [1.29, 1.82) is 0 Å². The third kappa shape index (κ3) is 29.2. The van der Waals surface area contributed by atoms with E-state index < -0.39 is 40.0 Å². The van der Waals surface area contributed by atoms with Gasteiger partial charge in [0, 0.05) is 0 Å². The topological polar surface area (TPSA) is 124 Å². The molecule has 0 aliphatic rings. The number of hydrogen-bond donors (Lipinski definition) is 4. The Morgan fingerprint density at radius 2 is 1.07 bits per heavy atom. The molecule has 3 atom stereocenters. The highest BCUT2D eigenvalue weighted by Gasteiger charge is 2.27. The molecule has 0 radical (unpaired) electrons. The predicted molar refractivity (Wildman–Crippen MR) is 185 cm³/mol. The van der Waals surface area contributed by atoms with Crippen molar-refractivity contribution in [3.8, 4) is 0 Å². The number of carbonyl (C=O) groups is 1. The van der Waals surface area contributed by atoms with Crippen molar-refractivity contribution < 1.29 is 28.0 Å². The Labute approximate surface area is 270 Å².